The van der Waals surface area contributed by atoms with E-state index in [0.29, 0.717) is 61.6 Å². The molecule has 1 spiro atoms. The van der Waals surface area contributed by atoms with E-state index in [1.807, 2.05) is 43.0 Å². The molecule has 1 amide bonds. The molecule has 1 N–H and O–H groups in total. The number of ether oxygens (including phenoxy) is 2. The molecule has 1 saturated heterocycles. The Kier molecular flexibility index (Phi) is 4.68. The zero-order valence-electron chi connectivity index (χ0n) is 17.7. The lowest BCUT2D eigenvalue weighted by molar-refractivity contribution is -0.00578. The predicted molar refractivity (Wildman–Crippen MR) is 116 cm³/mol. The number of carbonyl (C=O) groups excluding carboxylic acids is 2. The van der Waals surface area contributed by atoms with Gasteiger partial charge in [0.1, 0.15) is 17.1 Å². The predicted octanol–water partition coefficient (Wildman–Crippen LogP) is 3.91. The van der Waals surface area contributed by atoms with Gasteiger partial charge in [0, 0.05) is 36.9 Å². The molecule has 7 nitrogen and oxygen atoms in total. The number of aromatic nitrogens is 2. The number of aryl methyl sites for hydroxylation is 1. The minimum absolute atomic E-state index is 0.00458. The molecule has 3 aromatic rings. The highest BCUT2D eigenvalue weighted by Crippen LogP contribution is 2.40. The normalized spacial score (nSPS) is 17.5. The number of likely N-dealkylation sites (tertiary alicyclic amines) is 1. The van der Waals surface area contributed by atoms with Gasteiger partial charge in [-0.25, -0.2) is 0 Å². The van der Waals surface area contributed by atoms with E-state index in [1.54, 1.807) is 12.3 Å². The van der Waals surface area contributed by atoms with Crippen LogP contribution in [0.2, 0.25) is 0 Å². The van der Waals surface area contributed by atoms with Gasteiger partial charge in [-0.2, -0.15) is 5.10 Å². The second kappa shape index (κ2) is 7.41. The number of rotatable bonds is 3. The third-order valence-electron chi connectivity index (χ3n) is 6.33. The van der Waals surface area contributed by atoms with Crippen molar-refractivity contribution in [3.63, 3.8) is 0 Å². The van der Waals surface area contributed by atoms with E-state index < -0.39 is 5.60 Å². The maximum absolute atomic E-state index is 13.1. The van der Waals surface area contributed by atoms with Crippen LogP contribution < -0.4 is 9.47 Å². The molecule has 0 radical (unpaired) electrons. The number of hydrogen-bond donors (Lipinski definition) is 1. The molecular weight excluding hydrogens is 394 g/mol. The highest BCUT2D eigenvalue weighted by atomic mass is 16.5. The van der Waals surface area contributed by atoms with Crippen molar-refractivity contribution in [2.24, 2.45) is 0 Å². The van der Waals surface area contributed by atoms with Crippen LogP contribution in [0.3, 0.4) is 0 Å². The monoisotopic (exact) mass is 419 g/mol. The highest BCUT2D eigenvalue weighted by molar-refractivity contribution is 6.01. The molecule has 0 saturated carbocycles. The fraction of sp³-hybridized carbons (Fsp3) is 0.375. The lowest BCUT2D eigenvalue weighted by Crippen LogP contribution is -2.52. The summed E-state index contributed by atoms with van der Waals surface area (Å²) < 4.78 is 11.8. The van der Waals surface area contributed by atoms with Crippen molar-refractivity contribution in [1.29, 1.82) is 0 Å². The zero-order valence-corrected chi connectivity index (χ0v) is 17.7. The Labute approximate surface area is 180 Å². The Hall–Kier alpha value is -3.35. The minimum Gasteiger partial charge on any atom is -0.494 e. The molecule has 2 aliphatic rings. The van der Waals surface area contributed by atoms with Crippen LogP contribution in [0.1, 0.15) is 52.5 Å². The first-order chi connectivity index (χ1) is 15.0. The minimum atomic E-state index is -0.543. The third kappa shape index (κ3) is 3.44. The molecule has 0 atom stereocenters. The number of ketones is 1. The smallest absolute Gasteiger partial charge is 0.253 e. The van der Waals surface area contributed by atoms with Crippen molar-refractivity contribution in [2.75, 3.05) is 19.7 Å². The molecule has 0 aliphatic carbocycles. The topological polar surface area (TPSA) is 84.5 Å². The van der Waals surface area contributed by atoms with E-state index in [-0.39, 0.29) is 11.7 Å². The number of aromatic amines is 1. The first kappa shape index (κ1) is 19.6. The standard InChI is InChI=1S/C24H25N3O4/c1-3-30-18-4-5-21-19(12-18)20(28)13-24(31-21)6-8-27(9-7-24)23(29)16-10-15(2)22-17(11-16)14-25-26-22/h4-5,10-12,14H,3,6-9,13H2,1-2H3,(H,25,26). The van der Waals surface area contributed by atoms with E-state index in [4.69, 9.17) is 9.47 Å². The molecule has 1 fully saturated rings. The van der Waals surface area contributed by atoms with E-state index in [9.17, 15) is 9.59 Å². The molecule has 3 heterocycles. The van der Waals surface area contributed by atoms with E-state index >= 15 is 0 Å². The van der Waals surface area contributed by atoms with Gasteiger partial charge in [-0.3, -0.25) is 14.7 Å². The van der Waals surface area contributed by atoms with Crippen LogP contribution in [0.25, 0.3) is 10.9 Å². The summed E-state index contributed by atoms with van der Waals surface area (Å²) >= 11 is 0. The molecular formula is C24H25N3O4. The number of carbonyl (C=O) groups is 2. The van der Waals surface area contributed by atoms with Crippen molar-refractivity contribution in [3.8, 4) is 11.5 Å². The Morgan fingerprint density at radius 3 is 2.84 bits per heavy atom. The maximum atomic E-state index is 13.1. The summed E-state index contributed by atoms with van der Waals surface area (Å²) in [6.45, 7) is 5.55. The molecule has 0 bridgehead atoms. The average Bonchev–Trinajstić information content (AvgIpc) is 3.24. The van der Waals surface area contributed by atoms with E-state index in [1.165, 1.54) is 0 Å². The fourth-order valence-electron chi connectivity index (χ4n) is 4.67. The third-order valence-corrected chi connectivity index (χ3v) is 6.33. The van der Waals surface area contributed by atoms with Gasteiger partial charge in [0.05, 0.1) is 30.3 Å². The first-order valence-corrected chi connectivity index (χ1v) is 10.7. The van der Waals surface area contributed by atoms with Gasteiger partial charge >= 0.3 is 0 Å². The van der Waals surface area contributed by atoms with Gasteiger partial charge in [-0.1, -0.05) is 0 Å². The van der Waals surface area contributed by atoms with Crippen molar-refractivity contribution in [3.05, 3.63) is 53.2 Å². The number of Topliss-reactive ketones (excluding diaryl/α,β-unsaturated/α-hetero) is 1. The van der Waals surface area contributed by atoms with E-state index in [2.05, 4.69) is 10.2 Å². The van der Waals surface area contributed by atoms with Crippen molar-refractivity contribution >= 4 is 22.6 Å². The summed E-state index contributed by atoms with van der Waals surface area (Å²) in [5.41, 5.74) is 2.65. The Balaban J connectivity index is 1.31. The number of nitrogens with zero attached hydrogens (tertiary/aromatic N) is 2. The molecule has 2 aliphatic heterocycles. The quantitative estimate of drug-likeness (QED) is 0.696. The number of nitrogens with one attached hydrogen (secondary N) is 1. The SMILES string of the molecule is CCOc1ccc2c(c1)C(=O)CC1(CCN(C(=O)c3cc(C)c4[nH]ncc4c3)CC1)O2. The van der Waals surface area contributed by atoms with Gasteiger partial charge in [-0.05, 0) is 49.7 Å². The van der Waals surface area contributed by atoms with Crippen LogP contribution in [0.4, 0.5) is 0 Å². The number of hydrogen-bond acceptors (Lipinski definition) is 5. The molecule has 31 heavy (non-hydrogen) atoms. The summed E-state index contributed by atoms with van der Waals surface area (Å²) in [5, 5.41) is 7.96. The lowest BCUT2D eigenvalue weighted by atomic mass is 9.82. The van der Waals surface area contributed by atoms with Crippen LogP contribution in [-0.2, 0) is 0 Å². The Bertz CT molecular complexity index is 1170. The Morgan fingerprint density at radius 2 is 2.06 bits per heavy atom. The van der Waals surface area contributed by atoms with Crippen LogP contribution in [0.15, 0.2) is 36.5 Å². The number of amides is 1. The van der Waals surface area contributed by atoms with Gasteiger partial charge < -0.3 is 14.4 Å². The molecule has 5 rings (SSSR count). The van der Waals surface area contributed by atoms with Gasteiger partial charge in [0.15, 0.2) is 5.78 Å². The Morgan fingerprint density at radius 1 is 1.26 bits per heavy atom. The summed E-state index contributed by atoms with van der Waals surface area (Å²) in [6, 6.07) is 9.20. The highest BCUT2D eigenvalue weighted by Gasteiger charge is 2.43. The molecule has 160 valence electrons. The molecule has 0 unspecified atom stereocenters. The van der Waals surface area contributed by atoms with E-state index in [0.717, 1.165) is 16.5 Å². The number of H-pyrrole nitrogens is 1. The van der Waals surface area contributed by atoms with Crippen molar-refractivity contribution in [2.45, 2.75) is 38.7 Å². The van der Waals surface area contributed by atoms with Gasteiger partial charge in [-0.15, -0.1) is 0 Å². The number of piperidine rings is 1. The first-order valence-electron chi connectivity index (χ1n) is 10.7. The molecule has 1 aromatic heterocycles. The molecule has 7 heteroatoms. The summed E-state index contributed by atoms with van der Waals surface area (Å²) in [7, 11) is 0. The number of fused-ring (bicyclic) bond motifs is 2. The largest absolute Gasteiger partial charge is 0.494 e. The zero-order chi connectivity index (χ0) is 21.6. The maximum Gasteiger partial charge on any atom is 0.253 e. The summed E-state index contributed by atoms with van der Waals surface area (Å²) in [5.74, 6) is 1.37. The lowest BCUT2D eigenvalue weighted by Gasteiger charge is -2.44. The van der Waals surface area contributed by atoms with Crippen molar-refractivity contribution < 1.29 is 19.1 Å². The summed E-state index contributed by atoms with van der Waals surface area (Å²) in [6.07, 6.45) is 3.33. The fourth-order valence-corrected chi connectivity index (χ4v) is 4.67. The van der Waals surface area contributed by atoms with Crippen LogP contribution in [0.5, 0.6) is 11.5 Å². The average molecular weight is 419 g/mol. The second-order valence-corrected chi connectivity index (χ2v) is 8.40. The second-order valence-electron chi connectivity index (χ2n) is 8.40. The van der Waals surface area contributed by atoms with Crippen molar-refractivity contribution in [1.82, 2.24) is 15.1 Å². The van der Waals surface area contributed by atoms with Crippen LogP contribution in [-0.4, -0.2) is 52.1 Å². The summed E-state index contributed by atoms with van der Waals surface area (Å²) in [4.78, 5) is 27.8. The van der Waals surface area contributed by atoms with Crippen LogP contribution >= 0.6 is 0 Å². The van der Waals surface area contributed by atoms with Gasteiger partial charge in [0.2, 0.25) is 0 Å². The number of benzene rings is 2. The van der Waals surface area contributed by atoms with Gasteiger partial charge in [0.25, 0.3) is 5.91 Å². The molecule has 2 aromatic carbocycles. The van der Waals surface area contributed by atoms with Crippen LogP contribution in [0, 0.1) is 6.92 Å².